The molecule has 6 nitrogen and oxygen atoms in total. The number of nitrogens with two attached hydrogens (primary N) is 1. The Morgan fingerprint density at radius 3 is 2.84 bits per heavy atom. The number of anilines is 1. The average molecular weight is 338 g/mol. The Hall–Kier alpha value is -2.44. The number of rotatable bonds is 4. The zero-order valence-corrected chi connectivity index (χ0v) is 14.0. The molecule has 1 aliphatic heterocycles. The molecule has 1 aliphatic rings. The minimum Gasteiger partial charge on any atom is -0.408 e. The summed E-state index contributed by atoms with van der Waals surface area (Å²) in [4.78, 5) is 2.26. The van der Waals surface area contributed by atoms with E-state index in [4.69, 9.17) is 10.2 Å². The van der Waals surface area contributed by atoms with Crippen molar-refractivity contribution >= 4 is 16.8 Å². The van der Waals surface area contributed by atoms with Crippen molar-refractivity contribution in [3.8, 4) is 0 Å². The monoisotopic (exact) mass is 338 g/mol. The van der Waals surface area contributed by atoms with Crippen LogP contribution in [0.3, 0.4) is 0 Å². The van der Waals surface area contributed by atoms with Crippen molar-refractivity contribution in [1.29, 1.82) is 0 Å². The Labute approximate surface area is 146 Å². The van der Waals surface area contributed by atoms with Gasteiger partial charge in [-0.3, -0.25) is 4.90 Å². The van der Waals surface area contributed by atoms with Gasteiger partial charge in [-0.2, -0.15) is 0 Å². The van der Waals surface area contributed by atoms with Gasteiger partial charge in [-0.05, 0) is 41.8 Å². The van der Waals surface area contributed by atoms with Gasteiger partial charge >= 0.3 is 6.01 Å². The fraction of sp³-hybridized carbons (Fsp3) is 0.368. The molecule has 3 N–H and O–H groups in total. The maximum Gasteiger partial charge on any atom is 0.312 e. The highest BCUT2D eigenvalue weighted by molar-refractivity contribution is 5.83. The lowest BCUT2D eigenvalue weighted by Gasteiger charge is -2.32. The standard InChI is InChI=1S/C19H22N4O2/c20-19-22-21-18(25-19)16-6-3-9-23(11-16)12-17(24)15-8-7-13-4-1-2-5-14(13)10-15/h1-2,4-5,7-8,10,16-17,24H,3,6,9,11-12H2,(H2,20,22). The third kappa shape index (κ3) is 3.50. The van der Waals surface area contributed by atoms with Crippen LogP contribution in [0.15, 0.2) is 46.9 Å². The third-order valence-corrected chi connectivity index (χ3v) is 4.90. The molecule has 3 aromatic rings. The number of hydrogen-bond donors (Lipinski definition) is 2. The molecule has 25 heavy (non-hydrogen) atoms. The number of likely N-dealkylation sites (tertiary alicyclic amines) is 1. The van der Waals surface area contributed by atoms with Gasteiger partial charge in [0.2, 0.25) is 5.89 Å². The summed E-state index contributed by atoms with van der Waals surface area (Å²) in [6, 6.07) is 14.4. The number of nitrogens with zero attached hydrogens (tertiary/aromatic N) is 3. The maximum atomic E-state index is 10.7. The number of piperidine rings is 1. The minimum atomic E-state index is -0.517. The largest absolute Gasteiger partial charge is 0.408 e. The van der Waals surface area contributed by atoms with Crippen LogP contribution >= 0.6 is 0 Å². The molecule has 2 atom stereocenters. The molecule has 2 heterocycles. The van der Waals surface area contributed by atoms with Crippen LogP contribution in [0.5, 0.6) is 0 Å². The lowest BCUT2D eigenvalue weighted by molar-refractivity contribution is 0.0922. The molecule has 0 bridgehead atoms. The Balaban J connectivity index is 1.44. The second-order valence-corrected chi connectivity index (χ2v) is 6.70. The molecule has 0 spiro atoms. The van der Waals surface area contributed by atoms with Crippen LogP contribution in [-0.2, 0) is 0 Å². The molecule has 1 saturated heterocycles. The Morgan fingerprint density at radius 2 is 2.04 bits per heavy atom. The number of fused-ring (bicyclic) bond motifs is 1. The molecule has 2 unspecified atom stereocenters. The quantitative estimate of drug-likeness (QED) is 0.760. The predicted molar refractivity (Wildman–Crippen MR) is 96.0 cm³/mol. The Kier molecular flexibility index (Phi) is 4.38. The molecule has 0 aliphatic carbocycles. The minimum absolute atomic E-state index is 0.114. The van der Waals surface area contributed by atoms with E-state index < -0.39 is 6.10 Å². The van der Waals surface area contributed by atoms with Crippen LogP contribution in [0.4, 0.5) is 6.01 Å². The zero-order chi connectivity index (χ0) is 17.2. The number of aliphatic hydroxyl groups is 1. The molecule has 2 aromatic carbocycles. The maximum absolute atomic E-state index is 10.7. The van der Waals surface area contributed by atoms with Crippen molar-refractivity contribution in [3.63, 3.8) is 0 Å². The van der Waals surface area contributed by atoms with E-state index in [1.165, 1.54) is 5.39 Å². The van der Waals surface area contributed by atoms with Crippen LogP contribution in [0, 0.1) is 0 Å². The summed E-state index contributed by atoms with van der Waals surface area (Å²) in [6.45, 7) is 2.36. The topological polar surface area (TPSA) is 88.4 Å². The number of benzene rings is 2. The smallest absolute Gasteiger partial charge is 0.312 e. The highest BCUT2D eigenvalue weighted by Gasteiger charge is 2.27. The number of nitrogen functional groups attached to an aromatic ring is 1. The summed E-state index contributed by atoms with van der Waals surface area (Å²) < 4.78 is 5.38. The van der Waals surface area contributed by atoms with Gasteiger partial charge in [0.1, 0.15) is 0 Å². The SMILES string of the molecule is Nc1nnc(C2CCCN(CC(O)c3ccc4ccccc4c3)C2)o1. The highest BCUT2D eigenvalue weighted by Crippen LogP contribution is 2.28. The van der Waals surface area contributed by atoms with E-state index in [2.05, 4.69) is 39.4 Å². The molecule has 130 valence electrons. The fourth-order valence-electron chi connectivity index (χ4n) is 3.60. The van der Waals surface area contributed by atoms with Gasteiger partial charge in [-0.25, -0.2) is 0 Å². The number of aliphatic hydroxyl groups excluding tert-OH is 1. The molecule has 0 saturated carbocycles. The highest BCUT2D eigenvalue weighted by atomic mass is 16.4. The van der Waals surface area contributed by atoms with Crippen LogP contribution in [0.25, 0.3) is 10.8 Å². The van der Waals surface area contributed by atoms with E-state index in [-0.39, 0.29) is 11.9 Å². The number of aromatic nitrogens is 2. The lowest BCUT2D eigenvalue weighted by atomic mass is 9.97. The Morgan fingerprint density at radius 1 is 1.20 bits per heavy atom. The van der Waals surface area contributed by atoms with Crippen molar-refractivity contribution in [2.45, 2.75) is 24.9 Å². The summed E-state index contributed by atoms with van der Waals surface area (Å²) in [6.07, 6.45) is 1.53. The molecule has 6 heteroatoms. The van der Waals surface area contributed by atoms with Gasteiger partial charge in [0.05, 0.1) is 12.0 Å². The molecule has 0 amide bonds. The van der Waals surface area contributed by atoms with E-state index in [1.54, 1.807) is 0 Å². The molecule has 4 rings (SSSR count). The van der Waals surface area contributed by atoms with E-state index >= 15 is 0 Å². The van der Waals surface area contributed by atoms with Crippen molar-refractivity contribution in [2.75, 3.05) is 25.4 Å². The first-order valence-corrected chi connectivity index (χ1v) is 8.67. The van der Waals surface area contributed by atoms with Crippen molar-refractivity contribution < 1.29 is 9.52 Å². The summed E-state index contributed by atoms with van der Waals surface area (Å²) >= 11 is 0. The van der Waals surface area contributed by atoms with Crippen molar-refractivity contribution in [1.82, 2.24) is 15.1 Å². The number of β-amino-alcohol motifs (C(OH)–C–C–N with tert-alkyl or cyclic N) is 1. The normalized spacial score (nSPS) is 20.0. The van der Waals surface area contributed by atoms with Crippen molar-refractivity contribution in [3.05, 3.63) is 53.9 Å². The molecule has 1 aromatic heterocycles. The van der Waals surface area contributed by atoms with E-state index in [0.29, 0.717) is 12.4 Å². The first-order chi connectivity index (χ1) is 12.2. The number of hydrogen-bond acceptors (Lipinski definition) is 6. The van der Waals surface area contributed by atoms with E-state index in [9.17, 15) is 5.11 Å². The Bertz CT molecular complexity index is 863. The molecule has 1 fully saturated rings. The summed E-state index contributed by atoms with van der Waals surface area (Å²) in [5.41, 5.74) is 6.48. The summed E-state index contributed by atoms with van der Waals surface area (Å²) in [5.74, 6) is 0.782. The first kappa shape index (κ1) is 16.1. The van der Waals surface area contributed by atoms with Crippen LogP contribution in [-0.4, -0.2) is 39.8 Å². The second kappa shape index (κ2) is 6.82. The predicted octanol–water partition coefficient (Wildman–Crippen LogP) is 2.72. The van der Waals surface area contributed by atoms with E-state index in [0.717, 1.165) is 36.9 Å². The van der Waals surface area contributed by atoms with E-state index in [1.807, 2.05) is 18.2 Å². The second-order valence-electron chi connectivity index (χ2n) is 6.70. The summed E-state index contributed by atoms with van der Waals surface area (Å²) in [5, 5.41) is 20.8. The van der Waals surface area contributed by atoms with Gasteiger partial charge in [0.15, 0.2) is 0 Å². The lowest BCUT2D eigenvalue weighted by Crippen LogP contribution is -2.37. The van der Waals surface area contributed by atoms with Crippen LogP contribution in [0.1, 0.15) is 36.3 Å². The van der Waals surface area contributed by atoms with Gasteiger partial charge in [0, 0.05) is 13.1 Å². The molecular weight excluding hydrogens is 316 g/mol. The summed E-state index contributed by atoms with van der Waals surface area (Å²) in [7, 11) is 0. The average Bonchev–Trinajstić information content (AvgIpc) is 3.08. The van der Waals surface area contributed by atoms with Gasteiger partial charge in [-0.15, -0.1) is 5.10 Å². The van der Waals surface area contributed by atoms with Gasteiger partial charge in [-0.1, -0.05) is 41.5 Å². The van der Waals surface area contributed by atoms with Crippen LogP contribution in [0.2, 0.25) is 0 Å². The van der Waals surface area contributed by atoms with Gasteiger partial charge < -0.3 is 15.3 Å². The molecule has 0 radical (unpaired) electrons. The van der Waals surface area contributed by atoms with Crippen molar-refractivity contribution in [2.24, 2.45) is 0 Å². The first-order valence-electron chi connectivity index (χ1n) is 8.67. The molecular formula is C19H22N4O2. The zero-order valence-electron chi connectivity index (χ0n) is 14.0. The third-order valence-electron chi connectivity index (χ3n) is 4.90. The fourth-order valence-corrected chi connectivity index (χ4v) is 3.60. The van der Waals surface area contributed by atoms with Crippen LogP contribution < -0.4 is 5.73 Å². The van der Waals surface area contributed by atoms with Gasteiger partial charge in [0.25, 0.3) is 0 Å².